The highest BCUT2D eigenvalue weighted by atomic mass is 16.5. The SMILES string of the molecule is COC(C)(C)Cn1c(CC(C)C)nc2c1CCNC2. The lowest BCUT2D eigenvalue weighted by atomic mass is 10.1. The maximum Gasteiger partial charge on any atom is 0.109 e. The molecule has 4 heteroatoms. The summed E-state index contributed by atoms with van der Waals surface area (Å²) in [6, 6.07) is 0. The van der Waals surface area contributed by atoms with Crippen molar-refractivity contribution in [1.82, 2.24) is 14.9 Å². The van der Waals surface area contributed by atoms with Crippen molar-refractivity contribution >= 4 is 0 Å². The number of imidazole rings is 1. The summed E-state index contributed by atoms with van der Waals surface area (Å²) in [5.41, 5.74) is 2.48. The zero-order valence-corrected chi connectivity index (χ0v) is 12.9. The lowest BCUT2D eigenvalue weighted by Crippen LogP contribution is -2.32. The molecule has 0 aliphatic carbocycles. The number of hydrogen-bond acceptors (Lipinski definition) is 3. The number of ether oxygens (including phenoxy) is 1. The number of nitrogens with one attached hydrogen (secondary N) is 1. The second-order valence-corrected chi connectivity index (χ2v) is 6.50. The van der Waals surface area contributed by atoms with Gasteiger partial charge in [-0.15, -0.1) is 0 Å². The molecule has 4 nitrogen and oxygen atoms in total. The monoisotopic (exact) mass is 265 g/mol. The molecule has 0 bridgehead atoms. The van der Waals surface area contributed by atoms with Gasteiger partial charge in [0.05, 0.1) is 17.8 Å². The summed E-state index contributed by atoms with van der Waals surface area (Å²) >= 11 is 0. The van der Waals surface area contributed by atoms with Crippen LogP contribution >= 0.6 is 0 Å². The van der Waals surface area contributed by atoms with Crippen molar-refractivity contribution in [1.29, 1.82) is 0 Å². The van der Waals surface area contributed by atoms with Crippen molar-refractivity contribution in [3.8, 4) is 0 Å². The van der Waals surface area contributed by atoms with Crippen LogP contribution in [0.4, 0.5) is 0 Å². The Morgan fingerprint density at radius 1 is 1.42 bits per heavy atom. The maximum absolute atomic E-state index is 5.60. The largest absolute Gasteiger partial charge is 0.377 e. The van der Waals surface area contributed by atoms with Crippen LogP contribution in [0, 0.1) is 5.92 Å². The summed E-state index contributed by atoms with van der Waals surface area (Å²) < 4.78 is 8.00. The number of methoxy groups -OCH3 is 1. The van der Waals surface area contributed by atoms with Crippen LogP contribution in [0.25, 0.3) is 0 Å². The summed E-state index contributed by atoms with van der Waals surface area (Å²) in [7, 11) is 1.78. The Bertz CT molecular complexity index is 435. The first-order chi connectivity index (χ1) is 8.93. The molecule has 0 aromatic carbocycles. The Kier molecular flexibility index (Phi) is 4.31. The summed E-state index contributed by atoms with van der Waals surface area (Å²) in [6.07, 6.45) is 2.10. The smallest absolute Gasteiger partial charge is 0.109 e. The van der Waals surface area contributed by atoms with E-state index in [4.69, 9.17) is 9.72 Å². The van der Waals surface area contributed by atoms with E-state index in [0.717, 1.165) is 32.5 Å². The number of nitrogens with zero attached hydrogens (tertiary/aromatic N) is 2. The minimum Gasteiger partial charge on any atom is -0.377 e. The topological polar surface area (TPSA) is 39.1 Å². The highest BCUT2D eigenvalue weighted by Gasteiger charge is 2.25. The standard InChI is InChI=1S/C15H27N3O/c1-11(2)8-14-17-12-9-16-7-6-13(12)18(14)10-15(3,4)19-5/h11,16H,6-10H2,1-5H3. The number of aromatic nitrogens is 2. The van der Waals surface area contributed by atoms with Crippen LogP contribution in [0.15, 0.2) is 0 Å². The van der Waals surface area contributed by atoms with Crippen molar-refractivity contribution in [3.63, 3.8) is 0 Å². The minimum atomic E-state index is -0.148. The van der Waals surface area contributed by atoms with Crippen LogP contribution in [-0.2, 0) is 30.7 Å². The van der Waals surface area contributed by atoms with Gasteiger partial charge in [-0.05, 0) is 19.8 Å². The van der Waals surface area contributed by atoms with Gasteiger partial charge in [0.1, 0.15) is 5.82 Å². The lowest BCUT2D eigenvalue weighted by Gasteiger charge is -2.27. The summed E-state index contributed by atoms with van der Waals surface area (Å²) in [5.74, 6) is 1.84. The van der Waals surface area contributed by atoms with E-state index < -0.39 is 0 Å². The van der Waals surface area contributed by atoms with Gasteiger partial charge in [0.2, 0.25) is 0 Å². The zero-order valence-electron chi connectivity index (χ0n) is 12.9. The van der Waals surface area contributed by atoms with Crippen molar-refractivity contribution in [2.45, 2.75) is 59.2 Å². The number of hydrogen-bond donors (Lipinski definition) is 1. The first-order valence-electron chi connectivity index (χ1n) is 7.26. The fourth-order valence-electron chi connectivity index (χ4n) is 2.58. The average molecular weight is 265 g/mol. The molecule has 1 aromatic heterocycles. The van der Waals surface area contributed by atoms with E-state index in [9.17, 15) is 0 Å². The van der Waals surface area contributed by atoms with E-state index in [-0.39, 0.29) is 5.60 Å². The third kappa shape index (κ3) is 3.37. The molecule has 1 aromatic rings. The lowest BCUT2D eigenvalue weighted by molar-refractivity contribution is 0.00681. The van der Waals surface area contributed by atoms with Gasteiger partial charge >= 0.3 is 0 Å². The van der Waals surface area contributed by atoms with Crippen molar-refractivity contribution in [3.05, 3.63) is 17.2 Å². The number of rotatable bonds is 5. The van der Waals surface area contributed by atoms with E-state index in [2.05, 4.69) is 37.6 Å². The first kappa shape index (κ1) is 14.5. The average Bonchev–Trinajstić information content (AvgIpc) is 2.66. The van der Waals surface area contributed by atoms with Crippen LogP contribution < -0.4 is 5.32 Å². The molecule has 1 aliphatic heterocycles. The molecule has 108 valence electrons. The Hall–Kier alpha value is -0.870. The second kappa shape index (κ2) is 5.63. The fourth-order valence-corrected chi connectivity index (χ4v) is 2.58. The van der Waals surface area contributed by atoms with Crippen molar-refractivity contribution in [2.75, 3.05) is 13.7 Å². The second-order valence-electron chi connectivity index (χ2n) is 6.50. The van der Waals surface area contributed by atoms with E-state index in [1.165, 1.54) is 17.2 Å². The van der Waals surface area contributed by atoms with Gasteiger partial charge in [0, 0.05) is 38.7 Å². The van der Waals surface area contributed by atoms with E-state index >= 15 is 0 Å². The normalized spacial score (nSPS) is 15.9. The zero-order chi connectivity index (χ0) is 14.0. The quantitative estimate of drug-likeness (QED) is 0.886. The van der Waals surface area contributed by atoms with Gasteiger partial charge in [-0.2, -0.15) is 0 Å². The van der Waals surface area contributed by atoms with E-state index in [1.54, 1.807) is 7.11 Å². The predicted molar refractivity (Wildman–Crippen MR) is 77.3 cm³/mol. The Morgan fingerprint density at radius 3 is 2.79 bits per heavy atom. The molecule has 0 saturated heterocycles. The van der Waals surface area contributed by atoms with Gasteiger partial charge in [-0.1, -0.05) is 13.8 Å². The maximum atomic E-state index is 5.60. The Morgan fingerprint density at radius 2 is 2.16 bits per heavy atom. The Labute approximate surface area is 116 Å². The van der Waals surface area contributed by atoms with Crippen LogP contribution in [-0.4, -0.2) is 28.8 Å². The number of fused-ring (bicyclic) bond motifs is 1. The Balaban J connectivity index is 2.34. The van der Waals surface area contributed by atoms with Crippen molar-refractivity contribution in [2.24, 2.45) is 5.92 Å². The molecule has 0 fully saturated rings. The van der Waals surface area contributed by atoms with Gasteiger partial charge in [-0.3, -0.25) is 0 Å². The molecule has 2 rings (SSSR count). The molecule has 0 unspecified atom stereocenters. The highest BCUT2D eigenvalue weighted by molar-refractivity contribution is 5.21. The molecule has 2 heterocycles. The molecule has 1 N–H and O–H groups in total. The van der Waals surface area contributed by atoms with Crippen LogP contribution in [0.5, 0.6) is 0 Å². The fraction of sp³-hybridized carbons (Fsp3) is 0.800. The first-order valence-corrected chi connectivity index (χ1v) is 7.26. The van der Waals surface area contributed by atoms with Crippen LogP contribution in [0.3, 0.4) is 0 Å². The van der Waals surface area contributed by atoms with Crippen LogP contribution in [0.2, 0.25) is 0 Å². The van der Waals surface area contributed by atoms with E-state index in [0.29, 0.717) is 5.92 Å². The third-order valence-corrected chi connectivity index (χ3v) is 3.75. The molecule has 0 spiro atoms. The molecular formula is C15H27N3O. The highest BCUT2D eigenvalue weighted by Crippen LogP contribution is 2.22. The molecular weight excluding hydrogens is 238 g/mol. The predicted octanol–water partition coefficient (Wildman–Crippen LogP) is 2.15. The molecule has 0 atom stereocenters. The minimum absolute atomic E-state index is 0.148. The van der Waals surface area contributed by atoms with Crippen molar-refractivity contribution < 1.29 is 4.74 Å². The summed E-state index contributed by atoms with van der Waals surface area (Å²) in [4.78, 5) is 4.85. The van der Waals surface area contributed by atoms with Gasteiger partial charge in [0.25, 0.3) is 0 Å². The molecule has 0 saturated carbocycles. The van der Waals surface area contributed by atoms with Crippen LogP contribution in [0.1, 0.15) is 44.9 Å². The molecule has 0 amide bonds. The third-order valence-electron chi connectivity index (χ3n) is 3.75. The van der Waals surface area contributed by atoms with Gasteiger partial charge < -0.3 is 14.6 Å². The molecule has 0 radical (unpaired) electrons. The van der Waals surface area contributed by atoms with Gasteiger partial charge in [0.15, 0.2) is 0 Å². The summed E-state index contributed by atoms with van der Waals surface area (Å²) in [5, 5.41) is 3.40. The van der Waals surface area contributed by atoms with E-state index in [1.807, 2.05) is 0 Å². The summed E-state index contributed by atoms with van der Waals surface area (Å²) in [6.45, 7) is 11.6. The molecule has 19 heavy (non-hydrogen) atoms. The van der Waals surface area contributed by atoms with Gasteiger partial charge in [-0.25, -0.2) is 4.98 Å². The molecule has 1 aliphatic rings.